The SMILES string of the molecule is COCCn1c(-c2ccc(C)cc2)nc2sc(C)c(-c3ccccc3)c2c1=O. The molecule has 0 N–H and O–H groups in total. The van der Waals surface area contributed by atoms with E-state index in [1.54, 1.807) is 23.0 Å². The molecule has 4 rings (SSSR count). The van der Waals surface area contributed by atoms with Gasteiger partial charge in [0, 0.05) is 23.1 Å². The molecule has 4 aromatic rings. The van der Waals surface area contributed by atoms with Crippen molar-refractivity contribution >= 4 is 21.6 Å². The van der Waals surface area contributed by atoms with E-state index in [1.807, 2.05) is 61.5 Å². The number of aryl methyl sites for hydroxylation is 2. The summed E-state index contributed by atoms with van der Waals surface area (Å²) >= 11 is 1.58. The molecule has 0 radical (unpaired) electrons. The second-order valence-corrected chi connectivity index (χ2v) is 8.03. The first-order chi connectivity index (χ1) is 13.6. The van der Waals surface area contributed by atoms with Crippen LogP contribution in [-0.2, 0) is 11.3 Å². The molecule has 5 heteroatoms. The lowest BCUT2D eigenvalue weighted by molar-refractivity contribution is 0.186. The zero-order chi connectivity index (χ0) is 19.7. The van der Waals surface area contributed by atoms with Crippen LogP contribution in [0.15, 0.2) is 59.4 Å². The molecular formula is C23H22N2O2S. The average Bonchev–Trinajstić information content (AvgIpc) is 3.04. The highest BCUT2D eigenvalue weighted by atomic mass is 32.1. The second kappa shape index (κ2) is 7.70. The van der Waals surface area contributed by atoms with Crippen LogP contribution in [0.3, 0.4) is 0 Å². The molecular weight excluding hydrogens is 368 g/mol. The van der Waals surface area contributed by atoms with E-state index < -0.39 is 0 Å². The number of hydrogen-bond acceptors (Lipinski definition) is 4. The van der Waals surface area contributed by atoms with Gasteiger partial charge >= 0.3 is 0 Å². The van der Waals surface area contributed by atoms with Gasteiger partial charge in [0.2, 0.25) is 0 Å². The number of rotatable bonds is 5. The number of aromatic nitrogens is 2. The van der Waals surface area contributed by atoms with Gasteiger partial charge in [-0.15, -0.1) is 11.3 Å². The minimum Gasteiger partial charge on any atom is -0.383 e. The molecule has 0 saturated heterocycles. The number of fused-ring (bicyclic) bond motifs is 1. The zero-order valence-corrected chi connectivity index (χ0v) is 17.0. The molecule has 0 bridgehead atoms. The summed E-state index contributed by atoms with van der Waals surface area (Å²) in [6.07, 6.45) is 0. The van der Waals surface area contributed by atoms with E-state index >= 15 is 0 Å². The lowest BCUT2D eigenvalue weighted by Crippen LogP contribution is -2.25. The molecule has 2 heterocycles. The van der Waals surface area contributed by atoms with Gasteiger partial charge in [0.15, 0.2) is 0 Å². The predicted octanol–water partition coefficient (Wildman–Crippen LogP) is 5.06. The molecule has 0 amide bonds. The Morgan fingerprint density at radius 3 is 2.39 bits per heavy atom. The lowest BCUT2D eigenvalue weighted by Gasteiger charge is -2.13. The highest BCUT2D eigenvalue weighted by Crippen LogP contribution is 2.36. The second-order valence-electron chi connectivity index (χ2n) is 6.83. The number of nitrogens with zero attached hydrogens (tertiary/aromatic N) is 2. The molecule has 0 aliphatic heterocycles. The molecule has 0 unspecified atom stereocenters. The van der Waals surface area contributed by atoms with E-state index in [9.17, 15) is 4.79 Å². The highest BCUT2D eigenvalue weighted by Gasteiger charge is 2.20. The van der Waals surface area contributed by atoms with Crippen molar-refractivity contribution in [1.82, 2.24) is 9.55 Å². The summed E-state index contributed by atoms with van der Waals surface area (Å²) in [5.41, 5.74) is 4.13. The Bertz CT molecular complexity index is 1180. The monoisotopic (exact) mass is 390 g/mol. The molecule has 28 heavy (non-hydrogen) atoms. The van der Waals surface area contributed by atoms with Crippen molar-refractivity contribution in [1.29, 1.82) is 0 Å². The first-order valence-corrected chi connectivity index (χ1v) is 10.1. The standard InChI is InChI=1S/C23H22N2O2S/c1-15-9-11-18(12-10-15)21-24-22-20(23(26)25(21)13-14-27-3)19(16(2)28-22)17-7-5-4-6-8-17/h4-12H,13-14H2,1-3H3. The molecule has 0 saturated carbocycles. The summed E-state index contributed by atoms with van der Waals surface area (Å²) in [5.74, 6) is 0.690. The van der Waals surface area contributed by atoms with Gasteiger partial charge in [0.1, 0.15) is 10.7 Å². The Morgan fingerprint density at radius 1 is 1.00 bits per heavy atom. The van der Waals surface area contributed by atoms with Gasteiger partial charge in [-0.2, -0.15) is 0 Å². The summed E-state index contributed by atoms with van der Waals surface area (Å²) < 4.78 is 7.00. The molecule has 0 aliphatic rings. The number of hydrogen-bond donors (Lipinski definition) is 0. The van der Waals surface area contributed by atoms with Crippen molar-refractivity contribution in [3.8, 4) is 22.5 Å². The maximum Gasteiger partial charge on any atom is 0.263 e. The van der Waals surface area contributed by atoms with Crippen LogP contribution in [0.2, 0.25) is 0 Å². The van der Waals surface area contributed by atoms with Crippen molar-refractivity contribution in [2.24, 2.45) is 0 Å². The zero-order valence-electron chi connectivity index (χ0n) is 16.2. The van der Waals surface area contributed by atoms with E-state index in [1.165, 1.54) is 5.56 Å². The topological polar surface area (TPSA) is 44.1 Å². The minimum absolute atomic E-state index is 0.0131. The van der Waals surface area contributed by atoms with Crippen LogP contribution in [-0.4, -0.2) is 23.3 Å². The van der Waals surface area contributed by atoms with Gasteiger partial charge in [0.05, 0.1) is 18.5 Å². The van der Waals surface area contributed by atoms with Crippen molar-refractivity contribution in [3.63, 3.8) is 0 Å². The number of benzene rings is 2. The number of thiophene rings is 1. The highest BCUT2D eigenvalue weighted by molar-refractivity contribution is 7.19. The predicted molar refractivity (Wildman–Crippen MR) is 116 cm³/mol. The Labute approximate surface area is 168 Å². The summed E-state index contributed by atoms with van der Waals surface area (Å²) in [7, 11) is 1.65. The maximum absolute atomic E-state index is 13.6. The summed E-state index contributed by atoms with van der Waals surface area (Å²) in [5, 5.41) is 0.695. The van der Waals surface area contributed by atoms with Crippen molar-refractivity contribution in [3.05, 3.63) is 75.4 Å². The third-order valence-electron chi connectivity index (χ3n) is 4.88. The van der Waals surface area contributed by atoms with Crippen LogP contribution in [0, 0.1) is 13.8 Å². The molecule has 142 valence electrons. The first kappa shape index (κ1) is 18.6. The largest absolute Gasteiger partial charge is 0.383 e. The minimum atomic E-state index is -0.0131. The third kappa shape index (κ3) is 3.28. The summed E-state index contributed by atoms with van der Waals surface area (Å²) in [6.45, 7) is 5.02. The van der Waals surface area contributed by atoms with E-state index in [0.717, 1.165) is 26.4 Å². The number of ether oxygens (including phenoxy) is 1. The Balaban J connectivity index is 2.02. The van der Waals surface area contributed by atoms with Gasteiger partial charge in [-0.05, 0) is 19.4 Å². The van der Waals surface area contributed by atoms with Crippen LogP contribution in [0.25, 0.3) is 32.7 Å². The third-order valence-corrected chi connectivity index (χ3v) is 5.88. The quantitative estimate of drug-likeness (QED) is 0.479. The normalized spacial score (nSPS) is 11.2. The van der Waals surface area contributed by atoms with E-state index in [-0.39, 0.29) is 5.56 Å². The molecule has 4 nitrogen and oxygen atoms in total. The van der Waals surface area contributed by atoms with Crippen LogP contribution >= 0.6 is 11.3 Å². The van der Waals surface area contributed by atoms with Gasteiger partial charge in [-0.25, -0.2) is 4.98 Å². The molecule has 0 aliphatic carbocycles. The van der Waals surface area contributed by atoms with Crippen LogP contribution < -0.4 is 5.56 Å². The van der Waals surface area contributed by atoms with Gasteiger partial charge in [-0.3, -0.25) is 9.36 Å². The number of methoxy groups -OCH3 is 1. The van der Waals surface area contributed by atoms with Crippen molar-refractivity contribution < 1.29 is 4.74 Å². The Hall–Kier alpha value is -2.76. The molecule has 2 aromatic heterocycles. The fraction of sp³-hybridized carbons (Fsp3) is 0.217. The van der Waals surface area contributed by atoms with E-state index in [0.29, 0.717) is 24.4 Å². The van der Waals surface area contributed by atoms with Crippen molar-refractivity contribution in [2.75, 3.05) is 13.7 Å². The van der Waals surface area contributed by atoms with Gasteiger partial charge < -0.3 is 4.74 Å². The van der Waals surface area contributed by atoms with Crippen molar-refractivity contribution in [2.45, 2.75) is 20.4 Å². The fourth-order valence-electron chi connectivity index (χ4n) is 3.46. The molecule has 0 fully saturated rings. The molecule has 0 spiro atoms. The molecule has 0 atom stereocenters. The maximum atomic E-state index is 13.6. The van der Waals surface area contributed by atoms with Crippen LogP contribution in [0.5, 0.6) is 0 Å². The first-order valence-electron chi connectivity index (χ1n) is 9.25. The van der Waals surface area contributed by atoms with Crippen LogP contribution in [0.4, 0.5) is 0 Å². The van der Waals surface area contributed by atoms with Gasteiger partial charge in [-0.1, -0.05) is 60.2 Å². The fourth-order valence-corrected chi connectivity index (χ4v) is 4.50. The Morgan fingerprint density at radius 2 is 1.71 bits per heavy atom. The van der Waals surface area contributed by atoms with E-state index in [4.69, 9.17) is 9.72 Å². The van der Waals surface area contributed by atoms with Crippen LogP contribution in [0.1, 0.15) is 10.4 Å². The smallest absolute Gasteiger partial charge is 0.263 e. The Kier molecular flexibility index (Phi) is 5.11. The lowest BCUT2D eigenvalue weighted by atomic mass is 10.0. The summed E-state index contributed by atoms with van der Waals surface area (Å²) in [6, 6.07) is 18.2. The molecule has 2 aromatic carbocycles. The van der Waals surface area contributed by atoms with Gasteiger partial charge in [0.25, 0.3) is 5.56 Å². The van der Waals surface area contributed by atoms with E-state index in [2.05, 4.69) is 6.92 Å². The average molecular weight is 391 g/mol. The summed E-state index contributed by atoms with van der Waals surface area (Å²) in [4.78, 5) is 20.4.